The molecule has 20 heavy (non-hydrogen) atoms. The van der Waals surface area contributed by atoms with E-state index < -0.39 is 9.84 Å². The minimum atomic E-state index is -2.99. The van der Waals surface area contributed by atoms with Gasteiger partial charge in [-0.15, -0.1) is 5.10 Å². The van der Waals surface area contributed by atoms with Crippen molar-refractivity contribution in [2.24, 2.45) is 0 Å². The summed E-state index contributed by atoms with van der Waals surface area (Å²) in [5, 5.41) is 11.8. The van der Waals surface area contributed by atoms with Crippen LogP contribution in [0.5, 0.6) is 0 Å². The molecule has 7 nitrogen and oxygen atoms in total. The van der Waals surface area contributed by atoms with Crippen LogP contribution in [0.4, 0.5) is 5.69 Å². The Morgan fingerprint density at radius 2 is 2.15 bits per heavy atom. The van der Waals surface area contributed by atoms with Crippen LogP contribution in [-0.2, 0) is 16.4 Å². The number of nitrogens with zero attached hydrogens (tertiary/aromatic N) is 4. The lowest BCUT2D eigenvalue weighted by molar-refractivity contribution is 0.567. The molecular weight excluding hydrogens is 302 g/mol. The van der Waals surface area contributed by atoms with E-state index in [-0.39, 0.29) is 5.75 Å². The van der Waals surface area contributed by atoms with Crippen LogP contribution in [0.25, 0.3) is 11.4 Å². The highest BCUT2D eigenvalue weighted by Crippen LogP contribution is 2.25. The molecular formula is C11H14ClN5O2S. The number of anilines is 1. The van der Waals surface area contributed by atoms with Crippen LogP contribution in [-0.4, -0.2) is 40.6 Å². The topological polar surface area (TPSA) is 104 Å². The Kier molecular flexibility index (Phi) is 4.24. The predicted molar refractivity (Wildman–Crippen MR) is 77.0 cm³/mol. The van der Waals surface area contributed by atoms with Crippen LogP contribution in [0.1, 0.15) is 6.42 Å². The smallest absolute Gasteiger partial charge is 0.182 e. The molecule has 1 heterocycles. The van der Waals surface area contributed by atoms with E-state index in [9.17, 15) is 8.42 Å². The minimum absolute atomic E-state index is 0.0921. The molecule has 0 saturated heterocycles. The summed E-state index contributed by atoms with van der Waals surface area (Å²) in [6, 6.07) is 5.11. The van der Waals surface area contributed by atoms with E-state index in [4.69, 9.17) is 17.3 Å². The van der Waals surface area contributed by atoms with Gasteiger partial charge in [0.25, 0.3) is 0 Å². The SMILES string of the molecule is CS(=O)(=O)CCCn1nnnc1-c1ccc(N)c(Cl)c1. The Morgan fingerprint density at radius 1 is 1.40 bits per heavy atom. The van der Waals surface area contributed by atoms with Crippen molar-refractivity contribution in [3.8, 4) is 11.4 Å². The number of benzene rings is 1. The number of hydrogen-bond donors (Lipinski definition) is 1. The second-order valence-corrected chi connectivity index (χ2v) is 7.11. The number of halogens is 1. The molecule has 2 rings (SSSR count). The van der Waals surface area contributed by atoms with Crippen molar-refractivity contribution in [3.05, 3.63) is 23.2 Å². The standard InChI is InChI=1S/C11H14ClN5O2S/c1-20(18,19)6-2-5-17-11(14-15-16-17)8-3-4-10(13)9(12)7-8/h3-4,7H,2,5-6,13H2,1H3. The van der Waals surface area contributed by atoms with Gasteiger partial charge in [0, 0.05) is 18.4 Å². The fourth-order valence-corrected chi connectivity index (χ4v) is 2.54. The number of aromatic nitrogens is 4. The molecule has 0 aliphatic rings. The zero-order valence-electron chi connectivity index (χ0n) is 10.8. The normalized spacial score (nSPS) is 11.7. The first-order chi connectivity index (χ1) is 9.37. The molecule has 0 atom stereocenters. The van der Waals surface area contributed by atoms with E-state index in [2.05, 4.69) is 15.5 Å². The molecule has 1 aromatic heterocycles. The number of nitrogen functional groups attached to an aromatic ring is 1. The maximum Gasteiger partial charge on any atom is 0.182 e. The van der Waals surface area contributed by atoms with Gasteiger partial charge in [-0.2, -0.15) is 0 Å². The van der Waals surface area contributed by atoms with Gasteiger partial charge in [-0.1, -0.05) is 11.6 Å². The highest BCUT2D eigenvalue weighted by Gasteiger charge is 2.11. The van der Waals surface area contributed by atoms with E-state index in [1.165, 1.54) is 6.26 Å². The van der Waals surface area contributed by atoms with Crippen molar-refractivity contribution in [3.63, 3.8) is 0 Å². The lowest BCUT2D eigenvalue weighted by Crippen LogP contribution is -2.09. The van der Waals surface area contributed by atoms with Crippen molar-refractivity contribution in [1.82, 2.24) is 20.2 Å². The Hall–Kier alpha value is -1.67. The van der Waals surface area contributed by atoms with E-state index in [0.29, 0.717) is 29.5 Å². The second kappa shape index (κ2) is 5.76. The lowest BCUT2D eigenvalue weighted by Gasteiger charge is -2.05. The fourth-order valence-electron chi connectivity index (χ4n) is 1.70. The third-order valence-electron chi connectivity index (χ3n) is 2.68. The summed E-state index contributed by atoms with van der Waals surface area (Å²) in [5.41, 5.74) is 6.86. The zero-order valence-corrected chi connectivity index (χ0v) is 12.4. The summed E-state index contributed by atoms with van der Waals surface area (Å²) in [5.74, 6) is 0.620. The number of rotatable bonds is 5. The van der Waals surface area contributed by atoms with Crippen LogP contribution in [0.3, 0.4) is 0 Å². The second-order valence-electron chi connectivity index (χ2n) is 4.45. The highest BCUT2D eigenvalue weighted by atomic mass is 35.5. The number of tetrazole rings is 1. The largest absolute Gasteiger partial charge is 0.398 e. The summed E-state index contributed by atoms with van der Waals surface area (Å²) in [4.78, 5) is 0. The van der Waals surface area contributed by atoms with Crippen molar-refractivity contribution in [2.75, 3.05) is 17.7 Å². The highest BCUT2D eigenvalue weighted by molar-refractivity contribution is 7.90. The van der Waals surface area contributed by atoms with E-state index in [1.807, 2.05) is 0 Å². The predicted octanol–water partition coefficient (Wildman–Crippen LogP) is 1.01. The molecule has 0 aliphatic carbocycles. The Bertz CT molecular complexity index is 713. The number of aryl methyl sites for hydroxylation is 1. The van der Waals surface area contributed by atoms with Gasteiger partial charge < -0.3 is 5.73 Å². The van der Waals surface area contributed by atoms with Crippen molar-refractivity contribution in [2.45, 2.75) is 13.0 Å². The molecule has 0 saturated carbocycles. The van der Waals surface area contributed by atoms with Gasteiger partial charge in [0.05, 0.1) is 16.5 Å². The molecule has 0 spiro atoms. The molecule has 2 aromatic rings. The monoisotopic (exact) mass is 315 g/mol. The number of sulfone groups is 1. The summed E-state index contributed by atoms with van der Waals surface area (Å²) in [6.07, 6.45) is 1.65. The first-order valence-corrected chi connectivity index (χ1v) is 8.30. The van der Waals surface area contributed by atoms with Crippen molar-refractivity contribution >= 4 is 27.1 Å². The third kappa shape index (κ3) is 3.67. The van der Waals surface area contributed by atoms with E-state index in [0.717, 1.165) is 5.56 Å². The molecule has 0 fully saturated rings. The molecule has 108 valence electrons. The molecule has 9 heteroatoms. The number of hydrogen-bond acceptors (Lipinski definition) is 6. The van der Waals surface area contributed by atoms with E-state index >= 15 is 0 Å². The molecule has 1 aromatic carbocycles. The average Bonchev–Trinajstić information content (AvgIpc) is 2.79. The van der Waals surface area contributed by atoms with Crippen LogP contribution in [0, 0.1) is 0 Å². The number of nitrogens with two attached hydrogens (primary N) is 1. The summed E-state index contributed by atoms with van der Waals surface area (Å²) < 4.78 is 23.8. The molecule has 2 N–H and O–H groups in total. The van der Waals surface area contributed by atoms with Gasteiger partial charge in [0.1, 0.15) is 9.84 Å². The van der Waals surface area contributed by atoms with Gasteiger partial charge in [0.2, 0.25) is 0 Å². The molecule has 0 bridgehead atoms. The maximum absolute atomic E-state index is 11.1. The Labute approximate surface area is 121 Å². The quantitative estimate of drug-likeness (QED) is 0.826. The Balaban J connectivity index is 2.17. The van der Waals surface area contributed by atoms with Crippen LogP contribution in [0.15, 0.2) is 18.2 Å². The van der Waals surface area contributed by atoms with Gasteiger partial charge in [-0.05, 0) is 35.0 Å². The fraction of sp³-hybridized carbons (Fsp3) is 0.364. The van der Waals surface area contributed by atoms with Gasteiger partial charge in [-0.3, -0.25) is 0 Å². The minimum Gasteiger partial charge on any atom is -0.398 e. The first-order valence-electron chi connectivity index (χ1n) is 5.86. The van der Waals surface area contributed by atoms with Gasteiger partial charge >= 0.3 is 0 Å². The summed E-state index contributed by atoms with van der Waals surface area (Å²) >= 11 is 5.97. The zero-order chi connectivity index (χ0) is 14.8. The summed E-state index contributed by atoms with van der Waals surface area (Å²) in [6.45, 7) is 0.414. The van der Waals surface area contributed by atoms with Crippen LogP contribution in [0.2, 0.25) is 5.02 Å². The lowest BCUT2D eigenvalue weighted by atomic mass is 10.2. The summed E-state index contributed by atoms with van der Waals surface area (Å²) in [7, 11) is -2.99. The van der Waals surface area contributed by atoms with Gasteiger partial charge in [0.15, 0.2) is 5.82 Å². The molecule has 0 radical (unpaired) electrons. The van der Waals surface area contributed by atoms with Crippen LogP contribution < -0.4 is 5.73 Å². The molecule has 0 unspecified atom stereocenters. The van der Waals surface area contributed by atoms with Crippen molar-refractivity contribution < 1.29 is 8.42 Å². The maximum atomic E-state index is 11.1. The average molecular weight is 316 g/mol. The third-order valence-corrected chi connectivity index (χ3v) is 4.03. The van der Waals surface area contributed by atoms with Crippen LogP contribution >= 0.6 is 11.6 Å². The van der Waals surface area contributed by atoms with Crippen molar-refractivity contribution in [1.29, 1.82) is 0 Å². The Morgan fingerprint density at radius 3 is 2.80 bits per heavy atom. The molecule has 0 amide bonds. The van der Waals surface area contributed by atoms with Gasteiger partial charge in [-0.25, -0.2) is 13.1 Å². The molecule has 0 aliphatic heterocycles. The first kappa shape index (κ1) is 14.7. The van der Waals surface area contributed by atoms with E-state index in [1.54, 1.807) is 22.9 Å².